The van der Waals surface area contributed by atoms with Crippen molar-refractivity contribution in [2.24, 2.45) is 0 Å². The second kappa shape index (κ2) is 8.79. The van der Waals surface area contributed by atoms with Crippen molar-refractivity contribution < 1.29 is 30.3 Å². The third-order valence-electron chi connectivity index (χ3n) is 1.83. The van der Waals surface area contributed by atoms with E-state index in [9.17, 15) is 4.79 Å². The molecule has 6 N–H and O–H groups in total. The zero-order chi connectivity index (χ0) is 13.3. The standard InChI is InChI=1S/C6H12O6.C3H4N2/c7-1-3(9)5(11)6(12)4(10)2-8;1-2-4-5-3-1/h1,3-6,8-12H,2H2;1-3H,(H,4,5)/t3-,4+,5+,6+;/m0./s1. The average molecular weight is 248 g/mol. The van der Waals surface area contributed by atoms with Crippen LogP contribution in [0.2, 0.25) is 0 Å². The van der Waals surface area contributed by atoms with Crippen molar-refractivity contribution in [3.63, 3.8) is 0 Å². The quantitative estimate of drug-likeness (QED) is 0.305. The van der Waals surface area contributed by atoms with Crippen LogP contribution in [0.5, 0.6) is 0 Å². The van der Waals surface area contributed by atoms with Crippen LogP contribution in [0.25, 0.3) is 0 Å². The summed E-state index contributed by atoms with van der Waals surface area (Å²) in [7, 11) is 0. The van der Waals surface area contributed by atoms with E-state index in [4.69, 9.17) is 25.5 Å². The molecule has 1 aromatic heterocycles. The summed E-state index contributed by atoms with van der Waals surface area (Å²) in [5, 5.41) is 49.7. The number of hydrogen-bond donors (Lipinski definition) is 6. The van der Waals surface area contributed by atoms with Crippen LogP contribution in [0.15, 0.2) is 18.5 Å². The first kappa shape index (κ1) is 15.7. The number of carbonyl (C=O) groups is 1. The van der Waals surface area contributed by atoms with E-state index in [1.807, 2.05) is 6.07 Å². The van der Waals surface area contributed by atoms with Gasteiger partial charge in [0, 0.05) is 12.4 Å². The molecular weight excluding hydrogens is 232 g/mol. The van der Waals surface area contributed by atoms with Crippen molar-refractivity contribution in [3.05, 3.63) is 18.5 Å². The molecule has 0 aliphatic heterocycles. The molecule has 17 heavy (non-hydrogen) atoms. The maximum absolute atomic E-state index is 9.90. The summed E-state index contributed by atoms with van der Waals surface area (Å²) in [6.45, 7) is -0.760. The average Bonchev–Trinajstić information content (AvgIpc) is 2.93. The molecule has 0 aliphatic carbocycles. The molecule has 0 aromatic carbocycles. The zero-order valence-corrected chi connectivity index (χ0v) is 8.92. The number of nitrogens with zero attached hydrogens (tertiary/aromatic N) is 1. The van der Waals surface area contributed by atoms with Gasteiger partial charge in [0.1, 0.15) is 24.4 Å². The van der Waals surface area contributed by atoms with Crippen LogP contribution >= 0.6 is 0 Å². The molecule has 8 nitrogen and oxygen atoms in total. The number of aliphatic hydroxyl groups excluding tert-OH is 5. The molecule has 0 saturated carbocycles. The monoisotopic (exact) mass is 248 g/mol. The number of aliphatic hydroxyl groups is 5. The number of aromatic nitrogens is 2. The van der Waals surface area contributed by atoms with Gasteiger partial charge in [0.25, 0.3) is 0 Å². The summed E-state index contributed by atoms with van der Waals surface area (Å²) >= 11 is 0. The number of nitrogens with one attached hydrogen (secondary N) is 1. The van der Waals surface area contributed by atoms with E-state index in [2.05, 4.69) is 10.2 Å². The minimum atomic E-state index is -1.79. The van der Waals surface area contributed by atoms with E-state index in [0.29, 0.717) is 0 Å². The third kappa shape index (κ3) is 6.09. The van der Waals surface area contributed by atoms with Crippen molar-refractivity contribution in [2.75, 3.05) is 6.61 Å². The molecule has 1 heterocycles. The molecule has 1 aromatic rings. The molecular formula is C9H16N2O6. The van der Waals surface area contributed by atoms with Gasteiger partial charge in [0.15, 0.2) is 6.29 Å². The summed E-state index contributed by atoms with van der Waals surface area (Å²) in [4.78, 5) is 9.90. The fourth-order valence-corrected chi connectivity index (χ4v) is 0.833. The normalized spacial score (nSPS) is 17.2. The summed E-state index contributed by atoms with van der Waals surface area (Å²) in [6, 6.07) is 1.83. The third-order valence-corrected chi connectivity index (χ3v) is 1.83. The Labute approximate surface area is 97.2 Å². The van der Waals surface area contributed by atoms with Gasteiger partial charge >= 0.3 is 0 Å². The summed E-state index contributed by atoms with van der Waals surface area (Å²) in [5.74, 6) is 0. The SMILES string of the molecule is O=C[C@H](O)[C@@H](O)[C@H](O)[C@H](O)CO.c1cn[nH]c1. The molecule has 1 rings (SSSR count). The number of H-pyrrole nitrogens is 1. The molecule has 0 spiro atoms. The first-order chi connectivity index (χ1) is 8.04. The highest BCUT2D eigenvalue weighted by Crippen LogP contribution is 2.02. The Morgan fingerprint density at radius 2 is 1.88 bits per heavy atom. The topological polar surface area (TPSA) is 147 Å². The molecule has 98 valence electrons. The fraction of sp³-hybridized carbons (Fsp3) is 0.556. The van der Waals surface area contributed by atoms with E-state index in [0.717, 1.165) is 0 Å². The number of carbonyl (C=O) groups excluding carboxylic acids is 1. The van der Waals surface area contributed by atoms with Gasteiger partial charge < -0.3 is 30.3 Å². The molecule has 8 heteroatoms. The van der Waals surface area contributed by atoms with Gasteiger partial charge in [0.05, 0.1) is 6.61 Å². The molecule has 0 radical (unpaired) electrons. The Hall–Kier alpha value is -1.32. The van der Waals surface area contributed by atoms with Gasteiger partial charge in [0.2, 0.25) is 0 Å². The number of aromatic amines is 1. The van der Waals surface area contributed by atoms with Crippen LogP contribution < -0.4 is 0 Å². The number of rotatable bonds is 5. The highest BCUT2D eigenvalue weighted by Gasteiger charge is 2.29. The van der Waals surface area contributed by atoms with Crippen molar-refractivity contribution >= 4 is 6.29 Å². The van der Waals surface area contributed by atoms with Crippen LogP contribution in [0.3, 0.4) is 0 Å². The number of hydrogen-bond acceptors (Lipinski definition) is 7. The van der Waals surface area contributed by atoms with Crippen molar-refractivity contribution in [1.29, 1.82) is 0 Å². The van der Waals surface area contributed by atoms with Crippen molar-refractivity contribution in [3.8, 4) is 0 Å². The highest BCUT2D eigenvalue weighted by atomic mass is 16.4. The minimum Gasteiger partial charge on any atom is -0.394 e. The van der Waals surface area contributed by atoms with Gasteiger partial charge in [-0.05, 0) is 6.07 Å². The Morgan fingerprint density at radius 3 is 2.18 bits per heavy atom. The summed E-state index contributed by atoms with van der Waals surface area (Å²) in [6.07, 6.45) is -3.38. The smallest absolute Gasteiger partial charge is 0.151 e. The van der Waals surface area contributed by atoms with E-state index in [-0.39, 0.29) is 6.29 Å². The molecule has 4 atom stereocenters. The van der Waals surface area contributed by atoms with E-state index >= 15 is 0 Å². The van der Waals surface area contributed by atoms with Crippen LogP contribution in [0.1, 0.15) is 0 Å². The predicted octanol–water partition coefficient (Wildman–Crippen LogP) is -2.97. The lowest BCUT2D eigenvalue weighted by molar-refractivity contribution is -0.136. The second-order valence-electron chi connectivity index (χ2n) is 3.12. The summed E-state index contributed by atoms with van der Waals surface area (Å²) in [5.41, 5.74) is 0. The van der Waals surface area contributed by atoms with Crippen LogP contribution in [-0.4, -0.2) is 73.0 Å². The fourth-order valence-electron chi connectivity index (χ4n) is 0.833. The molecule has 0 amide bonds. The van der Waals surface area contributed by atoms with Crippen LogP contribution in [0.4, 0.5) is 0 Å². The van der Waals surface area contributed by atoms with E-state index in [1.54, 1.807) is 12.4 Å². The zero-order valence-electron chi connectivity index (χ0n) is 8.92. The van der Waals surface area contributed by atoms with Crippen LogP contribution in [0, 0.1) is 0 Å². The lowest BCUT2D eigenvalue weighted by Crippen LogP contribution is -2.46. The van der Waals surface area contributed by atoms with Crippen molar-refractivity contribution in [2.45, 2.75) is 24.4 Å². The first-order valence-corrected chi connectivity index (χ1v) is 4.76. The molecule has 0 fully saturated rings. The van der Waals surface area contributed by atoms with Crippen LogP contribution in [-0.2, 0) is 4.79 Å². The lowest BCUT2D eigenvalue weighted by atomic mass is 10.0. The maximum Gasteiger partial charge on any atom is 0.151 e. The highest BCUT2D eigenvalue weighted by molar-refractivity contribution is 5.56. The summed E-state index contributed by atoms with van der Waals surface area (Å²) < 4.78 is 0. The molecule has 0 unspecified atom stereocenters. The first-order valence-electron chi connectivity index (χ1n) is 4.76. The Balaban J connectivity index is 0.000000419. The van der Waals surface area contributed by atoms with Gasteiger partial charge in [-0.1, -0.05) is 0 Å². The molecule has 0 saturated heterocycles. The van der Waals surface area contributed by atoms with E-state index in [1.165, 1.54) is 0 Å². The largest absolute Gasteiger partial charge is 0.394 e. The van der Waals surface area contributed by atoms with Crippen molar-refractivity contribution in [1.82, 2.24) is 10.2 Å². The maximum atomic E-state index is 9.90. The second-order valence-corrected chi connectivity index (χ2v) is 3.12. The lowest BCUT2D eigenvalue weighted by Gasteiger charge is -2.22. The molecule has 0 bridgehead atoms. The predicted molar refractivity (Wildman–Crippen MR) is 55.8 cm³/mol. The van der Waals surface area contributed by atoms with Gasteiger partial charge in [-0.15, -0.1) is 0 Å². The molecule has 0 aliphatic rings. The number of aldehydes is 1. The Morgan fingerprint density at radius 1 is 1.24 bits per heavy atom. The van der Waals surface area contributed by atoms with Gasteiger partial charge in [-0.25, -0.2) is 0 Å². The minimum absolute atomic E-state index is 0.0258. The Bertz CT molecular complexity index is 264. The van der Waals surface area contributed by atoms with Gasteiger partial charge in [-0.2, -0.15) is 5.10 Å². The van der Waals surface area contributed by atoms with Gasteiger partial charge in [-0.3, -0.25) is 5.10 Å². The van der Waals surface area contributed by atoms with E-state index < -0.39 is 31.0 Å². The Kier molecular flexibility index (Phi) is 8.11.